The van der Waals surface area contributed by atoms with Crippen molar-refractivity contribution in [3.8, 4) is 17.1 Å². The first kappa shape index (κ1) is 19.8. The molecule has 0 saturated carbocycles. The van der Waals surface area contributed by atoms with E-state index in [2.05, 4.69) is 15.5 Å². The number of nitrogens with zero attached hydrogens (tertiary/aromatic N) is 3. The van der Waals surface area contributed by atoms with Gasteiger partial charge >= 0.3 is 0 Å². The van der Waals surface area contributed by atoms with E-state index in [9.17, 15) is 13.6 Å². The molecule has 0 unspecified atom stereocenters. The topological polar surface area (TPSA) is 69.0 Å². The fourth-order valence-electron chi connectivity index (χ4n) is 2.54. The summed E-state index contributed by atoms with van der Waals surface area (Å²) >= 11 is 1.21. The summed E-state index contributed by atoms with van der Waals surface area (Å²) in [5, 5.41) is 11.5. The van der Waals surface area contributed by atoms with Gasteiger partial charge in [-0.05, 0) is 43.3 Å². The molecule has 0 saturated heterocycles. The van der Waals surface area contributed by atoms with Gasteiger partial charge in [0.15, 0.2) is 22.6 Å². The van der Waals surface area contributed by atoms with Crippen LogP contribution in [0.15, 0.2) is 47.6 Å². The van der Waals surface area contributed by atoms with Crippen LogP contribution in [0.25, 0.3) is 11.4 Å². The lowest BCUT2D eigenvalue weighted by atomic mass is 10.2. The Labute approximate surface area is 164 Å². The molecule has 1 heterocycles. The van der Waals surface area contributed by atoms with E-state index >= 15 is 0 Å². The summed E-state index contributed by atoms with van der Waals surface area (Å²) in [6, 6.07) is 10.7. The molecule has 0 radical (unpaired) electrons. The van der Waals surface area contributed by atoms with Crippen LogP contribution in [0, 0.1) is 11.6 Å². The van der Waals surface area contributed by atoms with Crippen LogP contribution in [0.2, 0.25) is 0 Å². The van der Waals surface area contributed by atoms with Gasteiger partial charge < -0.3 is 14.6 Å². The van der Waals surface area contributed by atoms with Crippen molar-refractivity contribution in [1.29, 1.82) is 0 Å². The molecular formula is C19H18F2N4O2S. The first-order valence-electron chi connectivity index (χ1n) is 8.47. The average Bonchev–Trinajstić information content (AvgIpc) is 3.12. The van der Waals surface area contributed by atoms with Crippen molar-refractivity contribution in [1.82, 2.24) is 14.8 Å². The number of ether oxygens (including phenoxy) is 1. The average molecular weight is 404 g/mol. The third-order valence-electron chi connectivity index (χ3n) is 3.92. The predicted octanol–water partition coefficient (Wildman–Crippen LogP) is 3.98. The van der Waals surface area contributed by atoms with Gasteiger partial charge in [-0.15, -0.1) is 10.2 Å². The number of thioether (sulfide) groups is 1. The van der Waals surface area contributed by atoms with Gasteiger partial charge in [-0.25, -0.2) is 8.78 Å². The smallest absolute Gasteiger partial charge is 0.234 e. The van der Waals surface area contributed by atoms with Crippen LogP contribution in [0.5, 0.6) is 5.75 Å². The van der Waals surface area contributed by atoms with Crippen LogP contribution in [0.1, 0.15) is 6.92 Å². The van der Waals surface area contributed by atoms with Crippen LogP contribution < -0.4 is 10.1 Å². The second-order valence-electron chi connectivity index (χ2n) is 5.74. The minimum absolute atomic E-state index is 0.0553. The molecule has 9 heteroatoms. The SMILES string of the molecule is CCn1c(SCC(=O)Nc2ccc(F)c(F)c2)nnc1-c1ccc(OC)cc1. The maximum Gasteiger partial charge on any atom is 0.234 e. The Hall–Kier alpha value is -2.94. The molecule has 1 aromatic heterocycles. The van der Waals surface area contributed by atoms with Gasteiger partial charge in [0.25, 0.3) is 0 Å². The summed E-state index contributed by atoms with van der Waals surface area (Å²) in [5.41, 5.74) is 1.08. The summed E-state index contributed by atoms with van der Waals surface area (Å²) in [6.07, 6.45) is 0. The second kappa shape index (κ2) is 8.83. The zero-order valence-corrected chi connectivity index (χ0v) is 16.1. The van der Waals surface area contributed by atoms with Gasteiger partial charge in [-0.2, -0.15) is 0 Å². The number of rotatable bonds is 7. The molecule has 28 heavy (non-hydrogen) atoms. The molecule has 3 rings (SSSR count). The van der Waals surface area contributed by atoms with E-state index in [0.717, 1.165) is 23.4 Å². The number of benzene rings is 2. The number of methoxy groups -OCH3 is 1. The van der Waals surface area contributed by atoms with Gasteiger partial charge in [-0.3, -0.25) is 4.79 Å². The Morgan fingerprint density at radius 2 is 1.89 bits per heavy atom. The number of hydrogen-bond donors (Lipinski definition) is 1. The molecule has 0 aliphatic heterocycles. The van der Waals surface area contributed by atoms with Crippen LogP contribution in [-0.4, -0.2) is 33.5 Å². The Balaban J connectivity index is 1.67. The molecule has 146 valence electrons. The molecule has 0 bridgehead atoms. The van der Waals surface area contributed by atoms with Gasteiger partial charge in [0.1, 0.15) is 5.75 Å². The minimum atomic E-state index is -1.01. The molecule has 0 aliphatic rings. The number of hydrogen-bond acceptors (Lipinski definition) is 5. The standard InChI is InChI=1S/C19H18F2N4O2S/c1-3-25-18(12-4-7-14(27-2)8-5-12)23-24-19(25)28-11-17(26)22-13-6-9-15(20)16(21)10-13/h4-10H,3,11H2,1-2H3,(H,22,26). The summed E-state index contributed by atoms with van der Waals surface area (Å²) in [6.45, 7) is 2.59. The number of anilines is 1. The van der Waals surface area contributed by atoms with Crippen LogP contribution in [0.3, 0.4) is 0 Å². The van der Waals surface area contributed by atoms with Crippen molar-refractivity contribution in [2.45, 2.75) is 18.6 Å². The van der Waals surface area contributed by atoms with Crippen molar-refractivity contribution in [2.24, 2.45) is 0 Å². The van der Waals surface area contributed by atoms with E-state index in [1.54, 1.807) is 7.11 Å². The summed E-state index contributed by atoms with van der Waals surface area (Å²) in [4.78, 5) is 12.1. The number of nitrogens with one attached hydrogen (secondary N) is 1. The number of halogens is 2. The Morgan fingerprint density at radius 3 is 2.54 bits per heavy atom. The molecule has 3 aromatic rings. The number of aromatic nitrogens is 3. The zero-order chi connectivity index (χ0) is 20.1. The zero-order valence-electron chi connectivity index (χ0n) is 15.3. The van der Waals surface area contributed by atoms with Crippen LogP contribution in [0.4, 0.5) is 14.5 Å². The molecule has 6 nitrogen and oxygen atoms in total. The highest BCUT2D eigenvalue weighted by Crippen LogP contribution is 2.25. The predicted molar refractivity (Wildman–Crippen MR) is 103 cm³/mol. The van der Waals surface area contributed by atoms with Gasteiger partial charge in [0.05, 0.1) is 12.9 Å². The third kappa shape index (κ3) is 4.48. The largest absolute Gasteiger partial charge is 0.497 e. The number of carbonyl (C=O) groups is 1. The molecule has 0 atom stereocenters. The monoisotopic (exact) mass is 404 g/mol. The Morgan fingerprint density at radius 1 is 1.14 bits per heavy atom. The van der Waals surface area contributed by atoms with Gasteiger partial charge in [0.2, 0.25) is 5.91 Å². The lowest BCUT2D eigenvalue weighted by Crippen LogP contribution is -2.15. The van der Waals surface area contributed by atoms with Crippen molar-refractivity contribution >= 4 is 23.4 Å². The van der Waals surface area contributed by atoms with Crippen LogP contribution in [-0.2, 0) is 11.3 Å². The normalized spacial score (nSPS) is 10.7. The Kier molecular flexibility index (Phi) is 6.25. The maximum absolute atomic E-state index is 13.2. The lowest BCUT2D eigenvalue weighted by molar-refractivity contribution is -0.113. The quantitative estimate of drug-likeness (QED) is 0.603. The van der Waals surface area contributed by atoms with Crippen molar-refractivity contribution in [3.63, 3.8) is 0 Å². The van der Waals surface area contributed by atoms with E-state index in [1.165, 1.54) is 17.8 Å². The van der Waals surface area contributed by atoms with E-state index in [0.29, 0.717) is 17.5 Å². The first-order valence-corrected chi connectivity index (χ1v) is 9.45. The molecular weight excluding hydrogens is 386 g/mol. The summed E-state index contributed by atoms with van der Waals surface area (Å²) in [7, 11) is 1.60. The lowest BCUT2D eigenvalue weighted by Gasteiger charge is -2.08. The summed E-state index contributed by atoms with van der Waals surface area (Å²) in [5.74, 6) is -0.842. The molecule has 1 N–H and O–H groups in total. The Bertz CT molecular complexity index is 977. The molecule has 0 fully saturated rings. The third-order valence-corrected chi connectivity index (χ3v) is 4.88. The second-order valence-corrected chi connectivity index (χ2v) is 6.69. The highest BCUT2D eigenvalue weighted by atomic mass is 32.2. The van der Waals surface area contributed by atoms with Crippen molar-refractivity contribution in [2.75, 3.05) is 18.2 Å². The molecule has 0 spiro atoms. The fourth-order valence-corrected chi connectivity index (χ4v) is 3.34. The fraction of sp³-hybridized carbons (Fsp3) is 0.211. The highest BCUT2D eigenvalue weighted by Gasteiger charge is 2.15. The maximum atomic E-state index is 13.2. The van der Waals surface area contributed by atoms with Crippen molar-refractivity contribution in [3.05, 3.63) is 54.1 Å². The van der Waals surface area contributed by atoms with E-state index in [-0.39, 0.29) is 17.3 Å². The molecule has 1 amide bonds. The molecule has 0 aliphatic carbocycles. The van der Waals surface area contributed by atoms with Gasteiger partial charge in [-0.1, -0.05) is 11.8 Å². The molecule has 2 aromatic carbocycles. The van der Waals surface area contributed by atoms with Crippen LogP contribution >= 0.6 is 11.8 Å². The van der Waals surface area contributed by atoms with E-state index < -0.39 is 11.6 Å². The van der Waals surface area contributed by atoms with Crippen molar-refractivity contribution < 1.29 is 18.3 Å². The minimum Gasteiger partial charge on any atom is -0.497 e. The van der Waals surface area contributed by atoms with E-state index in [4.69, 9.17) is 4.74 Å². The highest BCUT2D eigenvalue weighted by molar-refractivity contribution is 7.99. The first-order chi connectivity index (χ1) is 13.5. The number of amides is 1. The number of carbonyl (C=O) groups excluding carboxylic acids is 1. The van der Waals surface area contributed by atoms with Gasteiger partial charge in [0, 0.05) is 23.9 Å². The van der Waals surface area contributed by atoms with E-state index in [1.807, 2.05) is 35.8 Å². The summed E-state index contributed by atoms with van der Waals surface area (Å²) < 4.78 is 33.2.